The molecule has 1 heterocycles. The number of rotatable bonds is 6. The summed E-state index contributed by atoms with van der Waals surface area (Å²) in [4.78, 5) is 30.1. The van der Waals surface area contributed by atoms with Crippen LogP contribution in [0.2, 0.25) is 0 Å². The Morgan fingerprint density at radius 2 is 1.67 bits per heavy atom. The molecule has 166 valence electrons. The lowest BCUT2D eigenvalue weighted by Gasteiger charge is -2.12. The smallest absolute Gasteiger partial charge is 0.339 e. The molecule has 0 fully saturated rings. The molecule has 33 heavy (non-hydrogen) atoms. The normalized spacial score (nSPS) is 10.8. The number of aromatic nitrogens is 1. The summed E-state index contributed by atoms with van der Waals surface area (Å²) in [5, 5.41) is 3.49. The number of benzene rings is 3. The summed E-state index contributed by atoms with van der Waals surface area (Å²) in [5.41, 5.74) is 4.26. The minimum Gasteiger partial charge on any atom is -0.452 e. The van der Waals surface area contributed by atoms with Crippen molar-refractivity contribution >= 4 is 60.3 Å². The molecule has 0 atom stereocenters. The van der Waals surface area contributed by atoms with Gasteiger partial charge < -0.3 is 10.1 Å². The van der Waals surface area contributed by atoms with Gasteiger partial charge in [0.15, 0.2) is 6.61 Å². The third-order valence-corrected chi connectivity index (χ3v) is 6.15. The van der Waals surface area contributed by atoms with E-state index in [-0.39, 0.29) is 6.61 Å². The number of nitrogens with one attached hydrogen (secondary N) is 1. The number of carbonyl (C=O) groups is 2. The lowest BCUT2D eigenvalue weighted by molar-refractivity contribution is -0.119. The van der Waals surface area contributed by atoms with Gasteiger partial charge in [-0.25, -0.2) is 9.78 Å². The highest BCUT2D eigenvalue weighted by atomic mass is 79.9. The number of halogens is 2. The van der Waals surface area contributed by atoms with Crippen LogP contribution in [-0.2, 0) is 16.0 Å². The van der Waals surface area contributed by atoms with Crippen LogP contribution in [0, 0.1) is 0 Å². The highest BCUT2D eigenvalue weighted by molar-refractivity contribution is 9.10. The van der Waals surface area contributed by atoms with Gasteiger partial charge in [0.1, 0.15) is 0 Å². The second-order valence-corrected chi connectivity index (χ2v) is 9.19. The molecule has 0 unspecified atom stereocenters. The lowest BCUT2D eigenvalue weighted by atomic mass is 10.0. The zero-order valence-corrected chi connectivity index (χ0v) is 20.9. The summed E-state index contributed by atoms with van der Waals surface area (Å²) in [7, 11) is 0. The van der Waals surface area contributed by atoms with Crippen molar-refractivity contribution in [3.8, 4) is 11.3 Å². The maximum atomic E-state index is 13.0. The number of aryl methyl sites for hydroxylation is 1. The van der Waals surface area contributed by atoms with Crippen molar-refractivity contribution in [2.24, 2.45) is 0 Å². The van der Waals surface area contributed by atoms with Crippen LogP contribution in [0.4, 0.5) is 5.69 Å². The molecule has 0 radical (unpaired) electrons. The van der Waals surface area contributed by atoms with Crippen molar-refractivity contribution in [3.05, 3.63) is 92.9 Å². The topological polar surface area (TPSA) is 68.3 Å². The zero-order valence-electron chi connectivity index (χ0n) is 17.8. The first kappa shape index (κ1) is 23.1. The molecule has 3 aromatic carbocycles. The highest BCUT2D eigenvalue weighted by Gasteiger charge is 2.17. The number of fused-ring (bicyclic) bond motifs is 1. The van der Waals surface area contributed by atoms with Crippen molar-refractivity contribution in [1.82, 2.24) is 4.98 Å². The molecular formula is C26H20Br2N2O3. The lowest BCUT2D eigenvalue weighted by Crippen LogP contribution is -2.21. The minimum atomic E-state index is -0.575. The first-order chi connectivity index (χ1) is 15.9. The Kier molecular flexibility index (Phi) is 7.20. The van der Waals surface area contributed by atoms with E-state index in [1.807, 2.05) is 73.7 Å². The van der Waals surface area contributed by atoms with Crippen LogP contribution in [0.15, 0.2) is 81.7 Å². The molecule has 1 aromatic heterocycles. The maximum Gasteiger partial charge on any atom is 0.339 e. The molecule has 1 N–H and O–H groups in total. The Morgan fingerprint density at radius 3 is 2.42 bits per heavy atom. The largest absolute Gasteiger partial charge is 0.452 e. The first-order valence-electron chi connectivity index (χ1n) is 10.4. The van der Waals surface area contributed by atoms with Gasteiger partial charge in [0, 0.05) is 25.6 Å². The third-order valence-electron chi connectivity index (χ3n) is 5.13. The fraction of sp³-hybridized carbons (Fsp3) is 0.115. The SMILES string of the molecule is CCc1cc(Br)ccc1NC(=O)COC(=O)c1cc(-c2ccc(Br)cc2)nc2ccccc12. The van der Waals surface area contributed by atoms with E-state index >= 15 is 0 Å². The molecule has 4 aromatic rings. The van der Waals surface area contributed by atoms with Crippen molar-refractivity contribution in [2.75, 3.05) is 11.9 Å². The van der Waals surface area contributed by atoms with Crippen LogP contribution in [0.3, 0.4) is 0 Å². The van der Waals surface area contributed by atoms with Crippen molar-refractivity contribution in [2.45, 2.75) is 13.3 Å². The van der Waals surface area contributed by atoms with Gasteiger partial charge in [0.2, 0.25) is 0 Å². The Labute approximate surface area is 208 Å². The third kappa shape index (κ3) is 5.49. The number of hydrogen-bond donors (Lipinski definition) is 1. The first-order valence-corrected chi connectivity index (χ1v) is 11.9. The predicted molar refractivity (Wildman–Crippen MR) is 137 cm³/mol. The molecule has 1 amide bonds. The van der Waals surface area contributed by atoms with E-state index in [9.17, 15) is 9.59 Å². The fourth-order valence-corrected chi connectivity index (χ4v) is 4.16. The molecule has 0 spiro atoms. The average Bonchev–Trinajstić information content (AvgIpc) is 2.83. The van der Waals surface area contributed by atoms with E-state index in [1.165, 1.54) is 0 Å². The van der Waals surface area contributed by atoms with Gasteiger partial charge in [-0.2, -0.15) is 0 Å². The van der Waals surface area contributed by atoms with Gasteiger partial charge in [-0.1, -0.05) is 69.1 Å². The van der Waals surface area contributed by atoms with Crippen molar-refractivity contribution in [1.29, 1.82) is 0 Å². The Morgan fingerprint density at radius 1 is 0.939 bits per heavy atom. The van der Waals surface area contributed by atoms with Gasteiger partial charge in [-0.15, -0.1) is 0 Å². The van der Waals surface area contributed by atoms with Crippen LogP contribution in [0.25, 0.3) is 22.2 Å². The molecule has 7 heteroatoms. The number of nitrogens with zero attached hydrogens (tertiary/aromatic N) is 1. The zero-order chi connectivity index (χ0) is 23.4. The Bertz CT molecular complexity index is 1340. The van der Waals surface area contributed by atoms with Crippen LogP contribution < -0.4 is 5.32 Å². The summed E-state index contributed by atoms with van der Waals surface area (Å²) >= 11 is 6.87. The Balaban J connectivity index is 1.55. The number of hydrogen-bond acceptors (Lipinski definition) is 4. The number of pyridine rings is 1. The van der Waals surface area contributed by atoms with Gasteiger partial charge in [0.05, 0.1) is 16.8 Å². The molecule has 0 bridgehead atoms. The molecular weight excluding hydrogens is 548 g/mol. The molecule has 0 aliphatic carbocycles. The fourth-order valence-electron chi connectivity index (χ4n) is 3.48. The number of carbonyl (C=O) groups excluding carboxylic acids is 2. The summed E-state index contributed by atoms with van der Waals surface area (Å²) in [6, 6.07) is 22.4. The number of anilines is 1. The van der Waals surface area contributed by atoms with E-state index < -0.39 is 11.9 Å². The van der Waals surface area contributed by atoms with E-state index in [4.69, 9.17) is 4.74 Å². The van der Waals surface area contributed by atoms with Gasteiger partial charge in [-0.3, -0.25) is 4.79 Å². The van der Waals surface area contributed by atoms with Crippen LogP contribution >= 0.6 is 31.9 Å². The summed E-state index contributed by atoms with van der Waals surface area (Å²) in [6.07, 6.45) is 0.761. The van der Waals surface area contributed by atoms with E-state index in [2.05, 4.69) is 42.2 Å². The van der Waals surface area contributed by atoms with Crippen molar-refractivity contribution in [3.63, 3.8) is 0 Å². The minimum absolute atomic E-state index is 0.365. The van der Waals surface area contributed by atoms with Gasteiger partial charge in [-0.05, 0) is 54.4 Å². The standard InChI is InChI=1S/C26H20Br2N2O3/c1-2-16-13-19(28)11-12-22(16)30-25(31)15-33-26(32)21-14-24(17-7-9-18(27)10-8-17)29-23-6-4-3-5-20(21)23/h3-14H,2,15H2,1H3,(H,30,31). The summed E-state index contributed by atoms with van der Waals surface area (Å²) in [6.45, 7) is 1.62. The number of para-hydroxylation sites is 1. The molecule has 5 nitrogen and oxygen atoms in total. The van der Waals surface area contributed by atoms with Crippen molar-refractivity contribution < 1.29 is 14.3 Å². The maximum absolute atomic E-state index is 13.0. The monoisotopic (exact) mass is 566 g/mol. The molecule has 0 saturated carbocycles. The van der Waals surface area contributed by atoms with Crippen LogP contribution in [0.1, 0.15) is 22.8 Å². The molecule has 4 rings (SSSR count). The molecule has 0 aliphatic heterocycles. The second-order valence-electron chi connectivity index (χ2n) is 7.36. The van der Waals surface area contributed by atoms with E-state index in [0.717, 1.165) is 26.5 Å². The number of ether oxygens (including phenoxy) is 1. The number of esters is 1. The second kappa shape index (κ2) is 10.3. The van der Waals surface area contributed by atoms with Gasteiger partial charge >= 0.3 is 5.97 Å². The molecule has 0 aliphatic rings. The quantitative estimate of drug-likeness (QED) is 0.261. The molecule has 0 saturated heterocycles. The van der Waals surface area contributed by atoms with Gasteiger partial charge in [0.25, 0.3) is 5.91 Å². The van der Waals surface area contributed by atoms with E-state index in [0.29, 0.717) is 27.8 Å². The number of amides is 1. The van der Waals surface area contributed by atoms with Crippen LogP contribution in [-0.4, -0.2) is 23.5 Å². The highest BCUT2D eigenvalue weighted by Crippen LogP contribution is 2.27. The Hall–Kier alpha value is -3.03. The predicted octanol–water partition coefficient (Wildman–Crippen LogP) is 6.78. The summed E-state index contributed by atoms with van der Waals surface area (Å²) < 4.78 is 7.28. The summed E-state index contributed by atoms with van der Waals surface area (Å²) in [5.74, 6) is -0.972. The van der Waals surface area contributed by atoms with Crippen LogP contribution in [0.5, 0.6) is 0 Å². The average molecular weight is 568 g/mol. The van der Waals surface area contributed by atoms with E-state index in [1.54, 1.807) is 6.07 Å².